The molecule has 4 nitrogen and oxygen atoms in total. The fourth-order valence-corrected chi connectivity index (χ4v) is 2.92. The average Bonchev–Trinajstić information content (AvgIpc) is 2.82. The Morgan fingerprint density at radius 3 is 2.88 bits per heavy atom. The molecule has 4 heteroatoms. The monoisotopic (exact) mass is 236 g/mol. The zero-order chi connectivity index (χ0) is 12.5. The van der Waals surface area contributed by atoms with Crippen LogP contribution in [0, 0.1) is 11.8 Å². The molecule has 1 aromatic heterocycles. The Bertz CT molecular complexity index is 386. The Morgan fingerprint density at radius 2 is 2.35 bits per heavy atom. The molecular weight excluding hydrogens is 216 g/mol. The van der Waals surface area contributed by atoms with E-state index in [1.807, 2.05) is 0 Å². The molecule has 94 valence electrons. The third-order valence-electron chi connectivity index (χ3n) is 4.10. The number of imidazole rings is 1. The summed E-state index contributed by atoms with van der Waals surface area (Å²) in [6, 6.07) is 0. The van der Waals surface area contributed by atoms with Gasteiger partial charge in [0, 0.05) is 12.4 Å². The molecule has 2 atom stereocenters. The van der Waals surface area contributed by atoms with Crippen LogP contribution in [-0.4, -0.2) is 20.6 Å². The Balaban J connectivity index is 2.32. The lowest BCUT2D eigenvalue weighted by Gasteiger charge is -2.40. The van der Waals surface area contributed by atoms with E-state index < -0.39 is 11.5 Å². The molecule has 2 unspecified atom stereocenters. The summed E-state index contributed by atoms with van der Waals surface area (Å²) in [5, 5.41) is 9.61. The number of carbonyl (C=O) groups is 1. The van der Waals surface area contributed by atoms with Crippen molar-refractivity contribution in [3.8, 4) is 0 Å². The van der Waals surface area contributed by atoms with Crippen LogP contribution in [0.15, 0.2) is 18.7 Å². The predicted octanol–water partition coefficient (Wildman–Crippen LogP) is 2.51. The maximum absolute atomic E-state index is 11.7. The fraction of sp³-hybridized carbons (Fsp3) is 0.692. The van der Waals surface area contributed by atoms with Crippen molar-refractivity contribution in [3.63, 3.8) is 0 Å². The minimum atomic E-state index is -0.774. The number of nitrogens with zero attached hydrogens (tertiary/aromatic N) is 2. The second kappa shape index (κ2) is 4.51. The SMILES string of the molecule is CC(C)C1CCCC(C(=O)O)(n2ccnc2)C1. The summed E-state index contributed by atoms with van der Waals surface area (Å²) < 4.78 is 1.78. The second-order valence-electron chi connectivity index (χ2n) is 5.41. The van der Waals surface area contributed by atoms with Gasteiger partial charge in [-0.15, -0.1) is 0 Å². The van der Waals surface area contributed by atoms with Gasteiger partial charge in [-0.1, -0.05) is 20.3 Å². The van der Waals surface area contributed by atoms with Gasteiger partial charge in [0.05, 0.1) is 6.33 Å². The van der Waals surface area contributed by atoms with Crippen LogP contribution in [0.3, 0.4) is 0 Å². The van der Waals surface area contributed by atoms with Gasteiger partial charge < -0.3 is 9.67 Å². The average molecular weight is 236 g/mol. The van der Waals surface area contributed by atoms with E-state index in [9.17, 15) is 9.90 Å². The lowest BCUT2D eigenvalue weighted by molar-refractivity contribution is -0.151. The van der Waals surface area contributed by atoms with Crippen LogP contribution < -0.4 is 0 Å². The lowest BCUT2D eigenvalue weighted by atomic mass is 9.71. The van der Waals surface area contributed by atoms with Crippen molar-refractivity contribution in [2.75, 3.05) is 0 Å². The zero-order valence-corrected chi connectivity index (χ0v) is 10.5. The lowest BCUT2D eigenvalue weighted by Crippen LogP contribution is -2.46. The van der Waals surface area contributed by atoms with Gasteiger partial charge in [-0.25, -0.2) is 9.78 Å². The second-order valence-corrected chi connectivity index (χ2v) is 5.41. The minimum Gasteiger partial charge on any atom is -0.479 e. The smallest absolute Gasteiger partial charge is 0.329 e. The number of carboxylic acid groups (broad SMARTS) is 1. The minimum absolute atomic E-state index is 0.488. The largest absolute Gasteiger partial charge is 0.479 e. The van der Waals surface area contributed by atoms with Crippen LogP contribution in [0.25, 0.3) is 0 Å². The molecule has 1 N–H and O–H groups in total. The standard InChI is InChI=1S/C13H20N2O2/c1-10(2)11-4-3-5-13(8-11,12(16)17)15-7-6-14-9-15/h6-7,9-11H,3-5,8H2,1-2H3,(H,16,17). The van der Waals surface area contributed by atoms with Gasteiger partial charge in [-0.3, -0.25) is 0 Å². The highest BCUT2D eigenvalue weighted by atomic mass is 16.4. The van der Waals surface area contributed by atoms with Gasteiger partial charge >= 0.3 is 5.97 Å². The van der Waals surface area contributed by atoms with Crippen LogP contribution in [0.5, 0.6) is 0 Å². The van der Waals surface area contributed by atoms with Crippen LogP contribution in [0.1, 0.15) is 39.5 Å². The number of aliphatic carboxylic acids is 1. The Labute approximate surface area is 102 Å². The molecule has 0 aromatic carbocycles. The highest BCUT2D eigenvalue weighted by molar-refractivity contribution is 5.77. The first-order valence-corrected chi connectivity index (χ1v) is 6.28. The summed E-state index contributed by atoms with van der Waals surface area (Å²) in [6.45, 7) is 4.35. The molecule has 1 saturated carbocycles. The first-order valence-electron chi connectivity index (χ1n) is 6.28. The molecule has 1 aliphatic carbocycles. The molecule has 1 heterocycles. The number of hydrogen-bond donors (Lipinski definition) is 1. The number of hydrogen-bond acceptors (Lipinski definition) is 2. The third kappa shape index (κ3) is 2.08. The molecule has 0 spiro atoms. The van der Waals surface area contributed by atoms with E-state index in [1.165, 1.54) is 0 Å². The van der Waals surface area contributed by atoms with Crippen molar-refractivity contribution in [3.05, 3.63) is 18.7 Å². The molecule has 0 aliphatic heterocycles. The molecule has 0 saturated heterocycles. The quantitative estimate of drug-likeness (QED) is 0.877. The highest BCUT2D eigenvalue weighted by Crippen LogP contribution is 2.41. The van der Waals surface area contributed by atoms with E-state index in [1.54, 1.807) is 23.3 Å². The van der Waals surface area contributed by atoms with Crippen molar-refractivity contribution in [2.45, 2.75) is 45.1 Å². The highest BCUT2D eigenvalue weighted by Gasteiger charge is 2.44. The van der Waals surface area contributed by atoms with E-state index in [0.717, 1.165) is 19.3 Å². The Kier molecular flexibility index (Phi) is 3.22. The van der Waals surface area contributed by atoms with Gasteiger partial charge in [-0.05, 0) is 31.1 Å². The maximum atomic E-state index is 11.7. The van der Waals surface area contributed by atoms with Crippen molar-refractivity contribution in [1.82, 2.24) is 9.55 Å². The van der Waals surface area contributed by atoms with Gasteiger partial charge in [0.1, 0.15) is 5.54 Å². The van der Waals surface area contributed by atoms with Crippen molar-refractivity contribution in [1.29, 1.82) is 0 Å². The number of rotatable bonds is 3. The topological polar surface area (TPSA) is 55.1 Å². The van der Waals surface area contributed by atoms with E-state index in [4.69, 9.17) is 0 Å². The van der Waals surface area contributed by atoms with Crippen LogP contribution in [0.4, 0.5) is 0 Å². The molecule has 0 amide bonds. The molecule has 0 radical (unpaired) electrons. The van der Waals surface area contributed by atoms with Gasteiger partial charge in [0.25, 0.3) is 0 Å². The van der Waals surface area contributed by atoms with Crippen LogP contribution in [0.2, 0.25) is 0 Å². The Morgan fingerprint density at radius 1 is 1.59 bits per heavy atom. The zero-order valence-electron chi connectivity index (χ0n) is 10.5. The normalized spacial score (nSPS) is 29.5. The third-order valence-corrected chi connectivity index (χ3v) is 4.10. The predicted molar refractivity (Wildman–Crippen MR) is 64.6 cm³/mol. The summed E-state index contributed by atoms with van der Waals surface area (Å²) in [5.41, 5.74) is -0.774. The molecule has 0 bridgehead atoms. The van der Waals surface area contributed by atoms with E-state index in [0.29, 0.717) is 18.3 Å². The molecular formula is C13H20N2O2. The van der Waals surface area contributed by atoms with Crippen molar-refractivity contribution in [2.24, 2.45) is 11.8 Å². The van der Waals surface area contributed by atoms with E-state index in [2.05, 4.69) is 18.8 Å². The Hall–Kier alpha value is -1.32. The van der Waals surface area contributed by atoms with Crippen LogP contribution >= 0.6 is 0 Å². The summed E-state index contributed by atoms with van der Waals surface area (Å²) in [7, 11) is 0. The first kappa shape index (κ1) is 12.1. The van der Waals surface area contributed by atoms with E-state index >= 15 is 0 Å². The molecule has 1 aliphatic rings. The summed E-state index contributed by atoms with van der Waals surface area (Å²) >= 11 is 0. The van der Waals surface area contributed by atoms with Crippen LogP contribution in [-0.2, 0) is 10.3 Å². The maximum Gasteiger partial charge on any atom is 0.329 e. The molecule has 1 fully saturated rings. The first-order chi connectivity index (χ1) is 8.06. The number of aromatic nitrogens is 2. The molecule has 1 aromatic rings. The summed E-state index contributed by atoms with van der Waals surface area (Å²) in [5.74, 6) is 0.306. The van der Waals surface area contributed by atoms with Gasteiger partial charge in [0.15, 0.2) is 0 Å². The van der Waals surface area contributed by atoms with Gasteiger partial charge in [-0.2, -0.15) is 0 Å². The number of carboxylic acids is 1. The fourth-order valence-electron chi connectivity index (χ4n) is 2.92. The van der Waals surface area contributed by atoms with Crippen molar-refractivity contribution < 1.29 is 9.90 Å². The summed E-state index contributed by atoms with van der Waals surface area (Å²) in [6.07, 6.45) is 8.62. The van der Waals surface area contributed by atoms with E-state index in [-0.39, 0.29) is 0 Å². The summed E-state index contributed by atoms with van der Waals surface area (Å²) in [4.78, 5) is 15.7. The molecule has 2 rings (SSSR count). The van der Waals surface area contributed by atoms with Gasteiger partial charge in [0.2, 0.25) is 0 Å². The molecule has 17 heavy (non-hydrogen) atoms. The van der Waals surface area contributed by atoms with Crippen molar-refractivity contribution >= 4 is 5.97 Å².